The van der Waals surface area contributed by atoms with E-state index in [-0.39, 0.29) is 12.5 Å². The van der Waals surface area contributed by atoms with Gasteiger partial charge in [0.1, 0.15) is 0 Å². The van der Waals surface area contributed by atoms with Crippen molar-refractivity contribution >= 4 is 23.4 Å². The average molecular weight is 280 g/mol. The summed E-state index contributed by atoms with van der Waals surface area (Å²) >= 11 is 1.41. The minimum Gasteiger partial charge on any atom is -0.394 e. The first kappa shape index (κ1) is 15.5. The maximum atomic E-state index is 11.6. The quantitative estimate of drug-likeness (QED) is 0.647. The maximum absolute atomic E-state index is 11.6. The van der Waals surface area contributed by atoms with Gasteiger partial charge in [-0.1, -0.05) is 6.07 Å². The summed E-state index contributed by atoms with van der Waals surface area (Å²) in [5.41, 5.74) is 1.10. The molecule has 5 nitrogen and oxygen atoms in total. The van der Waals surface area contributed by atoms with Gasteiger partial charge >= 0.3 is 0 Å². The largest absolute Gasteiger partial charge is 0.394 e. The molecule has 1 atom stereocenters. The number of carbonyl (C=O) groups excluding carboxylic acids is 1. The van der Waals surface area contributed by atoms with Crippen LogP contribution in [0.15, 0.2) is 24.3 Å². The van der Waals surface area contributed by atoms with E-state index in [1.807, 2.05) is 6.07 Å². The summed E-state index contributed by atoms with van der Waals surface area (Å²) < 4.78 is 0. The summed E-state index contributed by atoms with van der Waals surface area (Å²) in [4.78, 5) is 11.6. The lowest BCUT2D eigenvalue weighted by molar-refractivity contribution is -0.115. The van der Waals surface area contributed by atoms with Gasteiger partial charge in [0.15, 0.2) is 0 Å². The number of aliphatic hydroxyl groups is 2. The van der Waals surface area contributed by atoms with Crippen LogP contribution >= 0.6 is 11.8 Å². The SMILES string of the molecule is N#Cc1cccc(NC(=O)CCSCC(O)CO)c1. The van der Waals surface area contributed by atoms with E-state index in [9.17, 15) is 4.79 Å². The Balaban J connectivity index is 2.29. The minimum absolute atomic E-state index is 0.138. The molecule has 0 saturated heterocycles. The van der Waals surface area contributed by atoms with Crippen LogP contribution in [0.2, 0.25) is 0 Å². The van der Waals surface area contributed by atoms with Crippen molar-refractivity contribution in [1.29, 1.82) is 5.26 Å². The Hall–Kier alpha value is -1.55. The van der Waals surface area contributed by atoms with Crippen LogP contribution in [0.4, 0.5) is 5.69 Å². The third-order valence-corrected chi connectivity index (χ3v) is 3.38. The van der Waals surface area contributed by atoms with E-state index in [1.54, 1.807) is 24.3 Å². The molecule has 1 amide bonds. The molecule has 1 aromatic rings. The molecular weight excluding hydrogens is 264 g/mol. The molecule has 0 fully saturated rings. The van der Waals surface area contributed by atoms with Gasteiger partial charge in [-0.15, -0.1) is 0 Å². The second-order valence-corrected chi connectivity index (χ2v) is 5.05. The molecular formula is C13H16N2O3S. The molecule has 3 N–H and O–H groups in total. The molecule has 0 saturated carbocycles. The Morgan fingerprint density at radius 3 is 3.00 bits per heavy atom. The first-order valence-corrected chi connectivity index (χ1v) is 6.98. The molecule has 0 bridgehead atoms. The monoisotopic (exact) mass is 280 g/mol. The van der Waals surface area contributed by atoms with Gasteiger partial charge in [-0.2, -0.15) is 17.0 Å². The average Bonchev–Trinajstić information content (AvgIpc) is 2.43. The highest BCUT2D eigenvalue weighted by Gasteiger charge is 2.05. The van der Waals surface area contributed by atoms with E-state index >= 15 is 0 Å². The molecule has 0 aromatic heterocycles. The summed E-state index contributed by atoms with van der Waals surface area (Å²) in [7, 11) is 0. The van der Waals surface area contributed by atoms with E-state index in [4.69, 9.17) is 15.5 Å². The van der Waals surface area contributed by atoms with Gasteiger partial charge < -0.3 is 15.5 Å². The van der Waals surface area contributed by atoms with Crippen molar-refractivity contribution in [2.75, 3.05) is 23.4 Å². The number of amides is 1. The summed E-state index contributed by atoms with van der Waals surface area (Å²) in [5.74, 6) is 0.843. The molecule has 0 aliphatic rings. The number of rotatable bonds is 7. The second kappa shape index (κ2) is 8.53. The Morgan fingerprint density at radius 1 is 1.53 bits per heavy atom. The van der Waals surface area contributed by atoms with Crippen molar-refractivity contribution in [2.45, 2.75) is 12.5 Å². The summed E-state index contributed by atoms with van der Waals surface area (Å²) in [6.07, 6.45) is -0.417. The lowest BCUT2D eigenvalue weighted by Crippen LogP contribution is -2.16. The predicted octanol–water partition coefficient (Wildman–Crippen LogP) is 0.973. The van der Waals surface area contributed by atoms with Gasteiger partial charge in [0.05, 0.1) is 24.3 Å². The van der Waals surface area contributed by atoms with Crippen molar-refractivity contribution in [1.82, 2.24) is 0 Å². The molecule has 0 aliphatic carbocycles. The zero-order valence-corrected chi connectivity index (χ0v) is 11.2. The number of carbonyl (C=O) groups is 1. The zero-order valence-electron chi connectivity index (χ0n) is 10.4. The molecule has 6 heteroatoms. The van der Waals surface area contributed by atoms with Crippen LogP contribution in [0.25, 0.3) is 0 Å². The van der Waals surface area contributed by atoms with Crippen LogP contribution in [0, 0.1) is 11.3 Å². The third kappa shape index (κ3) is 6.25. The van der Waals surface area contributed by atoms with Crippen LogP contribution in [0.1, 0.15) is 12.0 Å². The van der Waals surface area contributed by atoms with Crippen molar-refractivity contribution in [2.24, 2.45) is 0 Å². The third-order valence-electron chi connectivity index (χ3n) is 2.27. The van der Waals surface area contributed by atoms with Gasteiger partial charge in [-0.25, -0.2) is 0 Å². The lowest BCUT2D eigenvalue weighted by Gasteiger charge is -2.07. The van der Waals surface area contributed by atoms with E-state index in [1.165, 1.54) is 11.8 Å². The number of nitrogens with zero attached hydrogens (tertiary/aromatic N) is 1. The van der Waals surface area contributed by atoms with Gasteiger partial charge in [0, 0.05) is 23.6 Å². The van der Waals surface area contributed by atoms with E-state index in [2.05, 4.69) is 5.32 Å². The van der Waals surface area contributed by atoms with Crippen LogP contribution in [-0.2, 0) is 4.79 Å². The maximum Gasteiger partial charge on any atom is 0.225 e. The standard InChI is InChI=1S/C13H16N2O3S/c14-7-10-2-1-3-11(6-10)15-13(18)4-5-19-9-12(17)8-16/h1-3,6,12,16-17H,4-5,8-9H2,(H,15,18). The zero-order chi connectivity index (χ0) is 14.1. The van der Waals surface area contributed by atoms with Crippen LogP contribution in [0.5, 0.6) is 0 Å². The molecule has 102 valence electrons. The predicted molar refractivity (Wildman–Crippen MR) is 74.8 cm³/mol. The fraction of sp³-hybridized carbons (Fsp3) is 0.385. The van der Waals surface area contributed by atoms with E-state index in [0.717, 1.165) is 0 Å². The summed E-state index contributed by atoms with van der Waals surface area (Å²) in [6, 6.07) is 8.72. The van der Waals surface area contributed by atoms with Gasteiger partial charge in [0.2, 0.25) is 5.91 Å². The summed E-state index contributed by atoms with van der Waals surface area (Å²) in [6.45, 7) is -0.264. The highest BCUT2D eigenvalue weighted by atomic mass is 32.2. The number of hydrogen-bond donors (Lipinski definition) is 3. The number of benzene rings is 1. The molecule has 1 rings (SSSR count). The number of aliphatic hydroxyl groups excluding tert-OH is 2. The Kier molecular flexibility index (Phi) is 6.97. The molecule has 1 aromatic carbocycles. The molecule has 0 spiro atoms. The topological polar surface area (TPSA) is 93.4 Å². The first-order valence-electron chi connectivity index (χ1n) is 5.82. The molecule has 0 aliphatic heterocycles. The Bertz CT molecular complexity index is 459. The Morgan fingerprint density at radius 2 is 2.32 bits per heavy atom. The van der Waals surface area contributed by atoms with Crippen LogP contribution in [0.3, 0.4) is 0 Å². The number of anilines is 1. The number of thioether (sulfide) groups is 1. The van der Waals surface area contributed by atoms with Crippen molar-refractivity contribution in [3.8, 4) is 6.07 Å². The van der Waals surface area contributed by atoms with Crippen molar-refractivity contribution in [3.63, 3.8) is 0 Å². The smallest absolute Gasteiger partial charge is 0.225 e. The molecule has 0 heterocycles. The highest BCUT2D eigenvalue weighted by molar-refractivity contribution is 7.99. The summed E-state index contributed by atoms with van der Waals surface area (Å²) in [5, 5.41) is 29.2. The molecule has 0 radical (unpaired) electrons. The second-order valence-electron chi connectivity index (χ2n) is 3.90. The lowest BCUT2D eigenvalue weighted by atomic mass is 10.2. The fourth-order valence-electron chi connectivity index (χ4n) is 1.33. The van der Waals surface area contributed by atoms with Gasteiger partial charge in [-0.05, 0) is 18.2 Å². The Labute approximate surface area is 116 Å². The minimum atomic E-state index is -0.736. The van der Waals surface area contributed by atoms with E-state index in [0.29, 0.717) is 29.2 Å². The van der Waals surface area contributed by atoms with E-state index < -0.39 is 6.10 Å². The number of nitriles is 1. The van der Waals surface area contributed by atoms with Gasteiger partial charge in [0.25, 0.3) is 0 Å². The first-order chi connectivity index (χ1) is 9.15. The molecule has 1 unspecified atom stereocenters. The van der Waals surface area contributed by atoms with Crippen molar-refractivity contribution in [3.05, 3.63) is 29.8 Å². The van der Waals surface area contributed by atoms with Crippen LogP contribution in [-0.4, -0.2) is 40.3 Å². The molecule has 19 heavy (non-hydrogen) atoms. The number of nitrogens with one attached hydrogen (secondary N) is 1. The fourth-order valence-corrected chi connectivity index (χ4v) is 2.20. The number of hydrogen-bond acceptors (Lipinski definition) is 5. The normalized spacial score (nSPS) is 11.6. The van der Waals surface area contributed by atoms with Gasteiger partial charge in [-0.3, -0.25) is 4.79 Å². The highest BCUT2D eigenvalue weighted by Crippen LogP contribution is 2.11. The van der Waals surface area contributed by atoms with Crippen LogP contribution < -0.4 is 5.32 Å². The van der Waals surface area contributed by atoms with Crippen molar-refractivity contribution < 1.29 is 15.0 Å².